The first kappa shape index (κ1) is 13.7. The normalized spacial score (nSPS) is 13.3. The summed E-state index contributed by atoms with van der Waals surface area (Å²) in [7, 11) is 0. The van der Waals surface area contributed by atoms with Gasteiger partial charge in [-0.3, -0.25) is 0 Å². The smallest absolute Gasteiger partial charge is 0.0954 e. The molecule has 0 spiro atoms. The monoisotopic (exact) mass is 240 g/mol. The van der Waals surface area contributed by atoms with Crippen molar-refractivity contribution in [2.75, 3.05) is 0 Å². The second-order valence-corrected chi connectivity index (χ2v) is 5.50. The van der Waals surface area contributed by atoms with Crippen molar-refractivity contribution in [3.8, 4) is 0 Å². The van der Waals surface area contributed by atoms with Gasteiger partial charge in [0.25, 0.3) is 0 Å². The van der Waals surface area contributed by atoms with Gasteiger partial charge in [0.1, 0.15) is 0 Å². The highest BCUT2D eigenvalue weighted by Crippen LogP contribution is 2.19. The van der Waals surface area contributed by atoms with Gasteiger partial charge in [0.2, 0.25) is 0 Å². The van der Waals surface area contributed by atoms with Crippen LogP contribution in [0.1, 0.15) is 63.6 Å². The molecule has 0 saturated heterocycles. The predicted octanol–water partition coefficient (Wildman–Crippen LogP) is 3.93. The van der Waals surface area contributed by atoms with Crippen molar-refractivity contribution >= 4 is 11.3 Å². The highest BCUT2D eigenvalue weighted by Gasteiger charge is 2.08. The maximum absolute atomic E-state index is 4.63. The lowest BCUT2D eigenvalue weighted by atomic mass is 10.1. The largest absolute Gasteiger partial charge is 0.308 e. The zero-order valence-corrected chi connectivity index (χ0v) is 11.7. The quantitative estimate of drug-likeness (QED) is 0.781. The average molecular weight is 240 g/mol. The van der Waals surface area contributed by atoms with Gasteiger partial charge < -0.3 is 5.32 Å². The highest BCUT2D eigenvalue weighted by atomic mass is 32.1. The summed E-state index contributed by atoms with van der Waals surface area (Å²) in [6, 6.07) is 0.647. The van der Waals surface area contributed by atoms with Crippen molar-refractivity contribution in [3.63, 3.8) is 0 Å². The fraction of sp³-hybridized carbons (Fsp3) is 0.769. The fourth-order valence-corrected chi connectivity index (χ4v) is 2.55. The Balaban J connectivity index is 2.41. The molecular weight excluding hydrogens is 216 g/mol. The maximum atomic E-state index is 4.63. The minimum absolute atomic E-state index is 0.552. The van der Waals surface area contributed by atoms with E-state index in [-0.39, 0.29) is 0 Å². The molecule has 0 aliphatic rings. The lowest BCUT2D eigenvalue weighted by molar-refractivity contribution is 0.460. The number of hydrogen-bond acceptors (Lipinski definition) is 3. The third-order valence-corrected chi connectivity index (χ3v) is 3.96. The Morgan fingerprint density at radius 1 is 1.38 bits per heavy atom. The Labute approximate surface area is 103 Å². The second kappa shape index (κ2) is 7.02. The molecule has 1 heterocycles. The first-order chi connectivity index (χ1) is 7.67. The number of thiazole rings is 1. The van der Waals surface area contributed by atoms with Crippen molar-refractivity contribution in [1.82, 2.24) is 10.3 Å². The Bertz CT molecular complexity index is 294. The number of hydrogen-bond donors (Lipinski definition) is 1. The number of nitrogens with one attached hydrogen (secondary N) is 1. The van der Waals surface area contributed by atoms with Gasteiger partial charge in [-0.1, -0.05) is 34.1 Å². The van der Waals surface area contributed by atoms with Crippen LogP contribution in [0.25, 0.3) is 0 Å². The van der Waals surface area contributed by atoms with Gasteiger partial charge in [-0.25, -0.2) is 4.98 Å². The van der Waals surface area contributed by atoms with Crippen LogP contribution in [0.2, 0.25) is 0 Å². The van der Waals surface area contributed by atoms with Crippen molar-refractivity contribution in [1.29, 1.82) is 0 Å². The highest BCUT2D eigenvalue weighted by molar-refractivity contribution is 7.09. The van der Waals surface area contributed by atoms with Crippen LogP contribution in [-0.2, 0) is 6.54 Å². The van der Waals surface area contributed by atoms with E-state index in [1.165, 1.54) is 30.0 Å². The SMILES string of the molecule is CCCC(CC)NCc1csc(C(C)C)n1. The third-order valence-electron chi connectivity index (χ3n) is 2.77. The summed E-state index contributed by atoms with van der Waals surface area (Å²) in [5.74, 6) is 0.552. The first-order valence-electron chi connectivity index (χ1n) is 6.35. The van der Waals surface area contributed by atoms with Crippen molar-refractivity contribution in [2.24, 2.45) is 0 Å². The molecule has 0 fully saturated rings. The van der Waals surface area contributed by atoms with Gasteiger partial charge in [0, 0.05) is 23.9 Å². The van der Waals surface area contributed by atoms with Crippen molar-refractivity contribution < 1.29 is 0 Å². The Morgan fingerprint density at radius 3 is 2.62 bits per heavy atom. The van der Waals surface area contributed by atoms with Gasteiger partial charge >= 0.3 is 0 Å². The van der Waals surface area contributed by atoms with Gasteiger partial charge in [0.05, 0.1) is 10.7 Å². The van der Waals surface area contributed by atoms with Gasteiger partial charge in [-0.05, 0) is 12.8 Å². The lowest BCUT2D eigenvalue weighted by Crippen LogP contribution is -2.27. The Hall–Kier alpha value is -0.410. The molecule has 1 atom stereocenters. The molecule has 1 aromatic rings. The van der Waals surface area contributed by atoms with Gasteiger partial charge in [-0.15, -0.1) is 11.3 Å². The molecular formula is C13H24N2S. The molecule has 0 aliphatic heterocycles. The van der Waals surface area contributed by atoms with Crippen LogP contribution in [-0.4, -0.2) is 11.0 Å². The maximum Gasteiger partial charge on any atom is 0.0954 e. The van der Waals surface area contributed by atoms with Gasteiger partial charge in [-0.2, -0.15) is 0 Å². The average Bonchev–Trinajstić information content (AvgIpc) is 2.73. The zero-order chi connectivity index (χ0) is 12.0. The Kier molecular flexibility index (Phi) is 5.99. The summed E-state index contributed by atoms with van der Waals surface area (Å²) in [4.78, 5) is 4.63. The van der Waals surface area contributed by atoms with Crippen molar-refractivity contribution in [3.05, 3.63) is 16.1 Å². The van der Waals surface area contributed by atoms with Crippen LogP contribution in [0.3, 0.4) is 0 Å². The minimum Gasteiger partial charge on any atom is -0.308 e. The molecule has 1 unspecified atom stereocenters. The molecule has 92 valence electrons. The number of rotatable bonds is 7. The first-order valence-corrected chi connectivity index (χ1v) is 7.23. The van der Waals surface area contributed by atoms with E-state index < -0.39 is 0 Å². The molecule has 0 radical (unpaired) electrons. The summed E-state index contributed by atoms with van der Waals surface area (Å²) in [5.41, 5.74) is 1.20. The standard InChI is InChI=1S/C13H24N2S/c1-5-7-11(6-2)14-8-12-9-16-13(15-12)10(3)4/h9-11,14H,5-8H2,1-4H3. The van der Waals surface area contributed by atoms with E-state index in [9.17, 15) is 0 Å². The molecule has 1 aromatic heterocycles. The van der Waals surface area contributed by atoms with E-state index in [0.29, 0.717) is 12.0 Å². The number of nitrogens with zero attached hydrogens (tertiary/aromatic N) is 1. The van der Waals surface area contributed by atoms with Crippen molar-refractivity contribution in [2.45, 2.75) is 65.5 Å². The van der Waals surface area contributed by atoms with E-state index in [1.54, 1.807) is 11.3 Å². The van der Waals surface area contributed by atoms with Crippen LogP contribution < -0.4 is 5.32 Å². The predicted molar refractivity (Wildman–Crippen MR) is 72.0 cm³/mol. The summed E-state index contributed by atoms with van der Waals surface area (Å²) in [6.07, 6.45) is 3.71. The van der Waals surface area contributed by atoms with Crippen LogP contribution in [0.5, 0.6) is 0 Å². The van der Waals surface area contributed by atoms with Gasteiger partial charge in [0.15, 0.2) is 0 Å². The minimum atomic E-state index is 0.552. The molecule has 0 aliphatic carbocycles. The van der Waals surface area contributed by atoms with Crippen LogP contribution in [0, 0.1) is 0 Å². The molecule has 0 bridgehead atoms. The zero-order valence-electron chi connectivity index (χ0n) is 10.9. The topological polar surface area (TPSA) is 24.9 Å². The molecule has 0 amide bonds. The third kappa shape index (κ3) is 4.22. The second-order valence-electron chi connectivity index (χ2n) is 4.61. The number of aromatic nitrogens is 1. The van der Waals surface area contributed by atoms with E-state index in [0.717, 1.165) is 6.54 Å². The summed E-state index contributed by atoms with van der Waals surface area (Å²) in [6.45, 7) is 9.80. The van der Waals surface area contributed by atoms with E-state index in [1.807, 2.05) is 0 Å². The van der Waals surface area contributed by atoms with E-state index >= 15 is 0 Å². The molecule has 1 rings (SSSR count). The molecule has 1 N–H and O–H groups in total. The molecule has 16 heavy (non-hydrogen) atoms. The molecule has 0 saturated carbocycles. The van der Waals surface area contributed by atoms with Crippen LogP contribution in [0.4, 0.5) is 0 Å². The van der Waals surface area contributed by atoms with Crippen LogP contribution in [0.15, 0.2) is 5.38 Å². The van der Waals surface area contributed by atoms with Crippen LogP contribution >= 0.6 is 11.3 Å². The summed E-state index contributed by atoms with van der Waals surface area (Å²) in [5, 5.41) is 7.01. The van der Waals surface area contributed by atoms with E-state index in [4.69, 9.17) is 0 Å². The lowest BCUT2D eigenvalue weighted by Gasteiger charge is -2.14. The summed E-state index contributed by atoms with van der Waals surface area (Å²) >= 11 is 1.78. The molecule has 0 aromatic carbocycles. The molecule has 2 nitrogen and oxygen atoms in total. The Morgan fingerprint density at radius 2 is 2.12 bits per heavy atom. The van der Waals surface area contributed by atoms with E-state index in [2.05, 4.69) is 43.4 Å². The fourth-order valence-electron chi connectivity index (χ4n) is 1.72. The molecule has 3 heteroatoms. The summed E-state index contributed by atoms with van der Waals surface area (Å²) < 4.78 is 0.